The van der Waals surface area contributed by atoms with Crippen molar-refractivity contribution in [1.29, 1.82) is 0 Å². The topological polar surface area (TPSA) is 110 Å². The molecular weight excluding hydrogens is 316 g/mol. The molecule has 0 saturated heterocycles. The third-order valence-corrected chi connectivity index (χ3v) is 4.89. The third-order valence-electron chi connectivity index (χ3n) is 1.80. The lowest BCUT2D eigenvalue weighted by atomic mass is 10.4. The average Bonchev–Trinajstić information content (AvgIpc) is 2.76. The van der Waals surface area contributed by atoms with E-state index in [4.69, 9.17) is 16.3 Å². The summed E-state index contributed by atoms with van der Waals surface area (Å²) < 4.78 is 30.8. The fourth-order valence-corrected chi connectivity index (χ4v) is 3.54. The van der Waals surface area contributed by atoms with Crippen molar-refractivity contribution in [1.82, 2.24) is 14.9 Å². The number of hydrogen-bond donors (Lipinski definition) is 2. The number of hydrogen-bond acceptors (Lipinski definition) is 7. The Labute approximate surface area is 119 Å². The first-order valence-electron chi connectivity index (χ1n) is 5.07. The van der Waals surface area contributed by atoms with E-state index < -0.39 is 16.1 Å². The lowest BCUT2D eigenvalue weighted by Gasteiger charge is -2.13. The molecule has 0 radical (unpaired) electrons. The number of sulfonamides is 1. The van der Waals surface area contributed by atoms with Crippen LogP contribution in [-0.4, -0.2) is 50.2 Å². The molecular formula is C8H13ClN4O4S2. The molecule has 1 unspecified atom stereocenters. The van der Waals surface area contributed by atoms with Crippen LogP contribution in [0.2, 0.25) is 0 Å². The van der Waals surface area contributed by atoms with Crippen molar-refractivity contribution in [2.45, 2.75) is 17.3 Å². The van der Waals surface area contributed by atoms with Crippen LogP contribution in [0, 0.1) is 0 Å². The number of amides is 1. The summed E-state index contributed by atoms with van der Waals surface area (Å²) in [5.74, 6) is -0.296. The molecule has 0 saturated carbocycles. The average molecular weight is 329 g/mol. The van der Waals surface area contributed by atoms with Crippen molar-refractivity contribution >= 4 is 44.0 Å². The van der Waals surface area contributed by atoms with Crippen LogP contribution >= 0.6 is 22.9 Å². The van der Waals surface area contributed by atoms with E-state index in [9.17, 15) is 13.2 Å². The van der Waals surface area contributed by atoms with E-state index in [1.165, 1.54) is 14.0 Å². The van der Waals surface area contributed by atoms with E-state index in [0.717, 1.165) is 11.3 Å². The van der Waals surface area contributed by atoms with Crippen LogP contribution in [-0.2, 0) is 19.6 Å². The number of methoxy groups -OCH3 is 1. The van der Waals surface area contributed by atoms with Crippen molar-refractivity contribution in [3.05, 3.63) is 0 Å². The fourth-order valence-electron chi connectivity index (χ4n) is 1.10. The van der Waals surface area contributed by atoms with E-state index in [0.29, 0.717) is 0 Å². The summed E-state index contributed by atoms with van der Waals surface area (Å²) in [6.45, 7) is 1.43. The monoisotopic (exact) mass is 328 g/mol. The van der Waals surface area contributed by atoms with Crippen molar-refractivity contribution in [2.24, 2.45) is 0 Å². The van der Waals surface area contributed by atoms with Gasteiger partial charge in [-0.25, -0.2) is 13.1 Å². The highest BCUT2D eigenvalue weighted by Crippen LogP contribution is 2.19. The standard InChI is InChI=1S/C8H13ClN4O4S2/c1-5(14)10-7-11-12-8(18-7)19(15,16)13-6(3-9)4-17-2/h6,13H,3-4H2,1-2H3,(H,10,11,14). The number of nitrogens with zero attached hydrogens (tertiary/aromatic N) is 2. The minimum Gasteiger partial charge on any atom is -0.383 e. The molecule has 0 aliphatic carbocycles. The quantitative estimate of drug-likeness (QED) is 0.539. The highest BCUT2D eigenvalue weighted by molar-refractivity contribution is 7.91. The van der Waals surface area contributed by atoms with Gasteiger partial charge in [-0.15, -0.1) is 21.8 Å². The van der Waals surface area contributed by atoms with Gasteiger partial charge in [-0.2, -0.15) is 0 Å². The Bertz CT molecular complexity index is 533. The summed E-state index contributed by atoms with van der Waals surface area (Å²) in [6.07, 6.45) is 0. The summed E-state index contributed by atoms with van der Waals surface area (Å²) in [6, 6.07) is -0.565. The van der Waals surface area contributed by atoms with Gasteiger partial charge in [0.1, 0.15) is 0 Å². The number of carbonyl (C=O) groups excluding carboxylic acids is 1. The summed E-state index contributed by atoms with van der Waals surface area (Å²) >= 11 is 6.37. The van der Waals surface area contributed by atoms with E-state index in [-0.39, 0.29) is 27.9 Å². The molecule has 19 heavy (non-hydrogen) atoms. The minimum absolute atomic E-state index is 0.0599. The second kappa shape index (κ2) is 7.10. The van der Waals surface area contributed by atoms with Crippen molar-refractivity contribution in [2.75, 3.05) is 24.9 Å². The lowest BCUT2D eigenvalue weighted by Crippen LogP contribution is -2.39. The largest absolute Gasteiger partial charge is 0.383 e. The maximum Gasteiger partial charge on any atom is 0.270 e. The van der Waals surface area contributed by atoms with Gasteiger partial charge in [0.15, 0.2) is 0 Å². The van der Waals surface area contributed by atoms with Gasteiger partial charge < -0.3 is 10.1 Å². The van der Waals surface area contributed by atoms with E-state index in [2.05, 4.69) is 20.2 Å². The molecule has 0 aliphatic rings. The Morgan fingerprint density at radius 2 is 2.21 bits per heavy atom. The molecule has 0 bridgehead atoms. The predicted molar refractivity (Wildman–Crippen MR) is 70.9 cm³/mol. The first kappa shape index (κ1) is 16.2. The second-order valence-electron chi connectivity index (χ2n) is 3.48. The molecule has 1 atom stereocenters. The Morgan fingerprint density at radius 3 is 2.74 bits per heavy atom. The first-order chi connectivity index (χ1) is 8.89. The molecule has 11 heteroatoms. The molecule has 8 nitrogen and oxygen atoms in total. The van der Waals surface area contributed by atoms with Gasteiger partial charge >= 0.3 is 0 Å². The zero-order chi connectivity index (χ0) is 14.5. The van der Waals surface area contributed by atoms with Crippen LogP contribution in [0.25, 0.3) is 0 Å². The maximum atomic E-state index is 11.9. The fraction of sp³-hybridized carbons (Fsp3) is 0.625. The maximum absolute atomic E-state index is 11.9. The zero-order valence-electron chi connectivity index (χ0n) is 10.2. The van der Waals surface area contributed by atoms with E-state index in [1.807, 2.05) is 0 Å². The Balaban J connectivity index is 2.82. The molecule has 1 heterocycles. The van der Waals surface area contributed by atoms with Crippen LogP contribution in [0.4, 0.5) is 5.13 Å². The third kappa shape index (κ3) is 4.99. The van der Waals surface area contributed by atoms with Gasteiger partial charge in [0, 0.05) is 19.9 Å². The van der Waals surface area contributed by atoms with Crippen molar-refractivity contribution < 1.29 is 17.9 Å². The summed E-state index contributed by atoms with van der Waals surface area (Å²) in [5.41, 5.74) is 0. The molecule has 1 amide bonds. The number of ether oxygens (including phenoxy) is 1. The molecule has 0 fully saturated rings. The SMILES string of the molecule is COCC(CCl)NS(=O)(=O)c1nnc(NC(C)=O)s1. The minimum atomic E-state index is -3.83. The van der Waals surface area contributed by atoms with Crippen LogP contribution in [0.3, 0.4) is 0 Å². The molecule has 1 aromatic heterocycles. The van der Waals surface area contributed by atoms with Gasteiger partial charge in [0.05, 0.1) is 12.6 Å². The van der Waals surface area contributed by atoms with Gasteiger partial charge in [0.2, 0.25) is 15.4 Å². The lowest BCUT2D eigenvalue weighted by molar-refractivity contribution is -0.114. The number of carbonyl (C=O) groups is 1. The molecule has 1 aromatic rings. The second-order valence-corrected chi connectivity index (χ2v) is 6.66. The number of aromatic nitrogens is 2. The summed E-state index contributed by atoms with van der Waals surface area (Å²) in [5, 5.41) is 9.53. The normalized spacial score (nSPS) is 13.2. The van der Waals surface area contributed by atoms with Crippen LogP contribution in [0.15, 0.2) is 4.34 Å². The highest BCUT2D eigenvalue weighted by Gasteiger charge is 2.24. The van der Waals surface area contributed by atoms with E-state index in [1.54, 1.807) is 0 Å². The van der Waals surface area contributed by atoms with E-state index >= 15 is 0 Å². The Morgan fingerprint density at radius 1 is 1.53 bits per heavy atom. The van der Waals surface area contributed by atoms with Crippen LogP contribution < -0.4 is 10.0 Å². The molecule has 0 spiro atoms. The van der Waals surface area contributed by atoms with Gasteiger partial charge in [-0.3, -0.25) is 4.79 Å². The number of nitrogens with one attached hydrogen (secondary N) is 2. The zero-order valence-corrected chi connectivity index (χ0v) is 12.6. The summed E-state index contributed by atoms with van der Waals surface area (Å²) in [4.78, 5) is 10.8. The number of rotatable bonds is 7. The van der Waals surface area contributed by atoms with Gasteiger partial charge in [-0.05, 0) is 0 Å². The highest BCUT2D eigenvalue weighted by atomic mass is 35.5. The molecule has 2 N–H and O–H groups in total. The molecule has 0 aromatic carbocycles. The molecule has 1 rings (SSSR count). The molecule has 108 valence electrons. The van der Waals surface area contributed by atoms with Crippen LogP contribution in [0.1, 0.15) is 6.92 Å². The van der Waals surface area contributed by atoms with Crippen LogP contribution in [0.5, 0.6) is 0 Å². The first-order valence-corrected chi connectivity index (χ1v) is 7.90. The smallest absolute Gasteiger partial charge is 0.270 e. The van der Waals surface area contributed by atoms with Gasteiger partial charge in [0.25, 0.3) is 10.0 Å². The summed E-state index contributed by atoms with van der Waals surface area (Å²) in [7, 11) is -2.39. The predicted octanol–water partition coefficient (Wildman–Crippen LogP) is 0.0286. The van der Waals surface area contributed by atoms with Crippen molar-refractivity contribution in [3.63, 3.8) is 0 Å². The number of halogens is 1. The van der Waals surface area contributed by atoms with Crippen molar-refractivity contribution in [3.8, 4) is 0 Å². The Hall–Kier alpha value is -0.810. The Kier molecular flexibility index (Phi) is 6.07. The number of anilines is 1. The molecule has 0 aliphatic heterocycles. The number of alkyl halides is 1. The van der Waals surface area contributed by atoms with Gasteiger partial charge in [-0.1, -0.05) is 11.3 Å².